The average Bonchev–Trinajstić information content (AvgIpc) is 2.74. The summed E-state index contributed by atoms with van der Waals surface area (Å²) in [4.78, 5) is 26.3. The zero-order valence-corrected chi connectivity index (χ0v) is 16.1. The summed E-state index contributed by atoms with van der Waals surface area (Å²) in [6.45, 7) is 4.01. The minimum Gasteiger partial charge on any atom is -0.479 e. The number of morpholine rings is 1. The molecule has 1 aliphatic heterocycles. The number of hydrogen-bond acceptors (Lipinski definition) is 6. The maximum atomic E-state index is 13.5. The smallest absolute Gasteiger partial charge is 0.344 e. The molecular formula is C21H23FN2O5. The first-order valence-corrected chi connectivity index (χ1v) is 9.33. The van der Waals surface area contributed by atoms with Crippen molar-refractivity contribution in [1.82, 2.24) is 0 Å². The number of carbonyl (C=O) groups is 2. The van der Waals surface area contributed by atoms with Crippen LogP contribution in [0, 0.1) is 5.82 Å². The van der Waals surface area contributed by atoms with Crippen molar-refractivity contribution in [2.75, 3.05) is 43.1 Å². The Balaban J connectivity index is 1.45. The minimum atomic E-state index is -1.02. The molecule has 2 aromatic rings. The number of para-hydroxylation sites is 1. The quantitative estimate of drug-likeness (QED) is 0.718. The second-order valence-electron chi connectivity index (χ2n) is 6.49. The monoisotopic (exact) mass is 402 g/mol. The highest BCUT2D eigenvalue weighted by atomic mass is 19.1. The van der Waals surface area contributed by atoms with Crippen LogP contribution in [0.3, 0.4) is 0 Å². The van der Waals surface area contributed by atoms with Gasteiger partial charge < -0.3 is 24.4 Å². The average molecular weight is 402 g/mol. The summed E-state index contributed by atoms with van der Waals surface area (Å²) in [5.41, 5.74) is 1.65. The van der Waals surface area contributed by atoms with E-state index in [1.807, 2.05) is 12.1 Å². The maximum absolute atomic E-state index is 13.5. The molecule has 1 amide bonds. The van der Waals surface area contributed by atoms with Gasteiger partial charge in [0.2, 0.25) is 0 Å². The van der Waals surface area contributed by atoms with Gasteiger partial charge in [-0.05, 0) is 43.3 Å². The number of anilines is 2. The van der Waals surface area contributed by atoms with Crippen LogP contribution in [0.15, 0.2) is 48.5 Å². The second-order valence-corrected chi connectivity index (χ2v) is 6.49. The number of carbonyl (C=O) groups excluding carboxylic acids is 2. The number of nitrogens with one attached hydrogen (secondary N) is 1. The molecule has 1 N–H and O–H groups in total. The molecule has 1 atom stereocenters. The Morgan fingerprint density at radius 2 is 1.83 bits per heavy atom. The number of ether oxygens (including phenoxy) is 3. The molecule has 7 nitrogen and oxygen atoms in total. The van der Waals surface area contributed by atoms with E-state index >= 15 is 0 Å². The zero-order chi connectivity index (χ0) is 20.6. The summed E-state index contributed by atoms with van der Waals surface area (Å²) in [5, 5.41) is 2.70. The fraction of sp³-hybridized carbons (Fsp3) is 0.333. The molecule has 0 saturated carbocycles. The molecule has 3 rings (SSSR count). The highest BCUT2D eigenvalue weighted by Crippen LogP contribution is 2.19. The summed E-state index contributed by atoms with van der Waals surface area (Å²) in [6.07, 6.45) is -1.02. The molecule has 8 heteroatoms. The van der Waals surface area contributed by atoms with Crippen molar-refractivity contribution in [3.63, 3.8) is 0 Å². The van der Waals surface area contributed by atoms with E-state index in [2.05, 4.69) is 10.2 Å². The Labute approximate surface area is 168 Å². The van der Waals surface area contributed by atoms with Crippen LogP contribution in [0.2, 0.25) is 0 Å². The fourth-order valence-electron chi connectivity index (χ4n) is 2.80. The van der Waals surface area contributed by atoms with Crippen molar-refractivity contribution in [2.24, 2.45) is 0 Å². The maximum Gasteiger partial charge on any atom is 0.344 e. The Morgan fingerprint density at radius 3 is 2.52 bits per heavy atom. The predicted octanol–water partition coefficient (Wildman–Crippen LogP) is 2.61. The van der Waals surface area contributed by atoms with E-state index in [4.69, 9.17) is 14.2 Å². The molecule has 0 spiro atoms. The van der Waals surface area contributed by atoms with Crippen LogP contribution in [-0.4, -0.2) is 50.9 Å². The van der Waals surface area contributed by atoms with Crippen LogP contribution in [0.5, 0.6) is 5.75 Å². The van der Waals surface area contributed by atoms with Crippen molar-refractivity contribution in [2.45, 2.75) is 13.0 Å². The second kappa shape index (κ2) is 9.88. The van der Waals surface area contributed by atoms with Gasteiger partial charge in [-0.2, -0.15) is 0 Å². The van der Waals surface area contributed by atoms with E-state index in [0.29, 0.717) is 18.9 Å². The highest BCUT2D eigenvalue weighted by Gasteiger charge is 2.19. The minimum absolute atomic E-state index is 0.0538. The molecule has 0 radical (unpaired) electrons. The Kier molecular flexibility index (Phi) is 7.02. The van der Waals surface area contributed by atoms with Crippen LogP contribution in [-0.2, 0) is 19.1 Å². The van der Waals surface area contributed by atoms with Crippen molar-refractivity contribution in [1.29, 1.82) is 0 Å². The van der Waals surface area contributed by atoms with E-state index in [1.165, 1.54) is 25.1 Å². The molecule has 1 heterocycles. The first-order valence-electron chi connectivity index (χ1n) is 9.33. The van der Waals surface area contributed by atoms with Gasteiger partial charge in [-0.25, -0.2) is 9.18 Å². The number of halogens is 1. The molecule has 154 valence electrons. The molecule has 0 aliphatic carbocycles. The van der Waals surface area contributed by atoms with E-state index in [1.54, 1.807) is 18.2 Å². The summed E-state index contributed by atoms with van der Waals surface area (Å²) in [5.74, 6) is -1.87. The third-order valence-electron chi connectivity index (χ3n) is 4.37. The molecule has 29 heavy (non-hydrogen) atoms. The van der Waals surface area contributed by atoms with Gasteiger partial charge in [0, 0.05) is 24.5 Å². The zero-order valence-electron chi connectivity index (χ0n) is 16.1. The van der Waals surface area contributed by atoms with Crippen LogP contribution < -0.4 is 15.0 Å². The molecule has 2 aromatic carbocycles. The van der Waals surface area contributed by atoms with Gasteiger partial charge in [0.05, 0.1) is 13.2 Å². The lowest BCUT2D eigenvalue weighted by Crippen LogP contribution is -2.36. The molecule has 0 aromatic heterocycles. The lowest BCUT2D eigenvalue weighted by molar-refractivity contribution is -0.155. The summed E-state index contributed by atoms with van der Waals surface area (Å²) >= 11 is 0. The lowest BCUT2D eigenvalue weighted by Gasteiger charge is -2.28. The molecule has 0 unspecified atom stereocenters. The number of benzene rings is 2. The normalized spacial score (nSPS) is 14.8. The molecule has 0 bridgehead atoms. The largest absolute Gasteiger partial charge is 0.479 e. The first kappa shape index (κ1) is 20.6. The lowest BCUT2D eigenvalue weighted by atomic mass is 10.2. The van der Waals surface area contributed by atoms with Gasteiger partial charge in [0.25, 0.3) is 5.91 Å². The van der Waals surface area contributed by atoms with Crippen molar-refractivity contribution in [3.05, 3.63) is 54.3 Å². The van der Waals surface area contributed by atoms with Gasteiger partial charge in [0.1, 0.15) is 0 Å². The number of nitrogens with zero attached hydrogens (tertiary/aromatic N) is 1. The van der Waals surface area contributed by atoms with Gasteiger partial charge >= 0.3 is 5.97 Å². The Morgan fingerprint density at radius 1 is 1.14 bits per heavy atom. The van der Waals surface area contributed by atoms with E-state index in [0.717, 1.165) is 18.8 Å². The van der Waals surface area contributed by atoms with Crippen LogP contribution >= 0.6 is 0 Å². The Bertz CT molecular complexity index is 837. The van der Waals surface area contributed by atoms with E-state index < -0.39 is 30.4 Å². The molecular weight excluding hydrogens is 379 g/mol. The van der Waals surface area contributed by atoms with Crippen LogP contribution in [0.4, 0.5) is 15.8 Å². The van der Waals surface area contributed by atoms with E-state index in [9.17, 15) is 14.0 Å². The van der Waals surface area contributed by atoms with Gasteiger partial charge in [-0.15, -0.1) is 0 Å². The standard InChI is InChI=1S/C21H23FN2O5/c1-15(29-20(25)14-28-19-5-3-2-4-18(19)22)21(26)23-16-6-8-17(9-7-16)24-10-12-27-13-11-24/h2-9,15H,10-14H2,1H3,(H,23,26)/t15-/m0/s1. The van der Waals surface area contributed by atoms with Crippen LogP contribution in [0.25, 0.3) is 0 Å². The van der Waals surface area contributed by atoms with Gasteiger partial charge in [-0.1, -0.05) is 12.1 Å². The summed E-state index contributed by atoms with van der Waals surface area (Å²) < 4.78 is 28.9. The summed E-state index contributed by atoms with van der Waals surface area (Å²) in [6, 6.07) is 13.1. The number of hydrogen-bond donors (Lipinski definition) is 1. The van der Waals surface area contributed by atoms with Gasteiger partial charge in [-0.3, -0.25) is 4.79 Å². The third kappa shape index (κ3) is 5.92. The van der Waals surface area contributed by atoms with Crippen molar-refractivity contribution >= 4 is 23.3 Å². The predicted molar refractivity (Wildman–Crippen MR) is 106 cm³/mol. The van der Waals surface area contributed by atoms with E-state index in [-0.39, 0.29) is 5.75 Å². The fourth-order valence-corrected chi connectivity index (χ4v) is 2.80. The highest BCUT2D eigenvalue weighted by molar-refractivity contribution is 5.95. The van der Waals surface area contributed by atoms with Crippen LogP contribution in [0.1, 0.15) is 6.92 Å². The van der Waals surface area contributed by atoms with Gasteiger partial charge in [0.15, 0.2) is 24.3 Å². The number of rotatable bonds is 7. The number of esters is 1. The first-order chi connectivity index (χ1) is 14.0. The number of amides is 1. The Hall–Kier alpha value is -3.13. The SMILES string of the molecule is C[C@H](OC(=O)COc1ccccc1F)C(=O)Nc1ccc(N2CCOCC2)cc1. The molecule has 1 fully saturated rings. The molecule has 1 saturated heterocycles. The molecule has 1 aliphatic rings. The topological polar surface area (TPSA) is 77.1 Å². The summed E-state index contributed by atoms with van der Waals surface area (Å²) in [7, 11) is 0. The third-order valence-corrected chi connectivity index (χ3v) is 4.37. The van der Waals surface area contributed by atoms with Crippen molar-refractivity contribution < 1.29 is 28.2 Å². The van der Waals surface area contributed by atoms with Crippen molar-refractivity contribution in [3.8, 4) is 5.75 Å².